The quantitative estimate of drug-likeness (QED) is 0.195. The molecule has 0 radical (unpaired) electrons. The van der Waals surface area contributed by atoms with Gasteiger partial charge in [-0.05, 0) is 157 Å². The highest BCUT2D eigenvalue weighted by Crippen LogP contribution is 2.64. The summed E-state index contributed by atoms with van der Waals surface area (Å²) in [6, 6.07) is 13.9. The molecule has 12 atom stereocenters. The zero-order valence-corrected chi connectivity index (χ0v) is 29.9. The van der Waals surface area contributed by atoms with E-state index in [9.17, 15) is 9.59 Å². The lowest BCUT2D eigenvalue weighted by atomic mass is 9.52. The third kappa shape index (κ3) is 4.82. The molecule has 2 aromatic heterocycles. The highest BCUT2D eigenvalue weighted by molar-refractivity contribution is 5.90. The Morgan fingerprint density at radius 2 is 1.22 bits per heavy atom. The molecule has 2 heterocycles. The molecule has 4 fully saturated rings. The number of benzene rings is 2. The average molecular weight is 675 g/mol. The molecule has 10 rings (SSSR count). The highest BCUT2D eigenvalue weighted by Gasteiger charge is 2.60. The fraction of sp³-hybridized carbons (Fsp3) is 0.609. The van der Waals surface area contributed by atoms with Gasteiger partial charge in [0, 0.05) is 51.5 Å². The second-order valence-electron chi connectivity index (χ2n) is 18.1. The van der Waals surface area contributed by atoms with E-state index in [-0.39, 0.29) is 37.5 Å². The molecule has 2 N–H and O–H groups in total. The Bertz CT molecular complexity index is 1890. The third-order valence-corrected chi connectivity index (χ3v) is 15.4. The van der Waals surface area contributed by atoms with Gasteiger partial charge in [-0.25, -0.2) is 0 Å². The van der Waals surface area contributed by atoms with E-state index in [0.29, 0.717) is 58.9 Å². The second-order valence-corrected chi connectivity index (χ2v) is 18.1. The van der Waals surface area contributed by atoms with Crippen LogP contribution in [0.5, 0.6) is 0 Å². The zero-order valence-electron chi connectivity index (χ0n) is 29.9. The van der Waals surface area contributed by atoms with Crippen molar-refractivity contribution in [2.75, 3.05) is 0 Å². The third-order valence-electron chi connectivity index (χ3n) is 15.4. The van der Waals surface area contributed by atoms with Crippen LogP contribution in [0.4, 0.5) is 0 Å². The number of Topliss-reactive ketones (excluding diaryl/α,β-unsaturated/α-hetero) is 2. The van der Waals surface area contributed by atoms with Gasteiger partial charge in [0.1, 0.15) is 11.6 Å². The number of fused-ring (bicyclic) bond motifs is 13. The second kappa shape index (κ2) is 12.2. The van der Waals surface area contributed by atoms with Gasteiger partial charge in [0.15, 0.2) is 0 Å². The largest absolute Gasteiger partial charge is 0.361 e. The number of carbonyl (C=O) groups excluding carboxylic acids is 2. The van der Waals surface area contributed by atoms with Crippen LogP contribution in [0.1, 0.15) is 129 Å². The van der Waals surface area contributed by atoms with Gasteiger partial charge in [-0.15, -0.1) is 0 Å². The number of ketones is 2. The Labute approximate surface area is 301 Å². The van der Waals surface area contributed by atoms with Crippen molar-refractivity contribution in [1.29, 1.82) is 0 Å². The molecule has 50 heavy (non-hydrogen) atoms. The van der Waals surface area contributed by atoms with Crippen molar-refractivity contribution >= 4 is 33.4 Å². The molecule has 268 valence electrons. The molecule has 4 saturated carbocycles. The SMILES string of the molecule is C.C.CC1CC2C3CCc4c(ccc5[nH]ccc45)C3C(C)C[C@]2(C)C1=O.CC1CC2C3CCc4cc5[nH]ccc5cc4C3C(C)C[C@]2(C)C1=O. The minimum atomic E-state index is -0.0598. The molecule has 10 unspecified atom stereocenters. The van der Waals surface area contributed by atoms with Gasteiger partial charge in [-0.3, -0.25) is 9.59 Å². The monoisotopic (exact) mass is 674 g/mol. The van der Waals surface area contributed by atoms with Crippen molar-refractivity contribution in [1.82, 2.24) is 9.97 Å². The van der Waals surface area contributed by atoms with Gasteiger partial charge in [0.05, 0.1) is 0 Å². The summed E-state index contributed by atoms with van der Waals surface area (Å²) in [6.45, 7) is 13.7. The van der Waals surface area contributed by atoms with Crippen LogP contribution in [0.2, 0.25) is 0 Å². The van der Waals surface area contributed by atoms with E-state index in [1.807, 2.05) is 6.20 Å². The zero-order chi connectivity index (χ0) is 33.3. The minimum absolute atomic E-state index is 0. The number of rotatable bonds is 0. The number of carbonyl (C=O) groups is 2. The number of aromatic amines is 2. The van der Waals surface area contributed by atoms with Crippen LogP contribution < -0.4 is 0 Å². The molecule has 4 heteroatoms. The topological polar surface area (TPSA) is 65.7 Å². The smallest absolute Gasteiger partial charge is 0.141 e. The Morgan fingerprint density at radius 1 is 0.660 bits per heavy atom. The summed E-state index contributed by atoms with van der Waals surface area (Å²) in [7, 11) is 0. The van der Waals surface area contributed by atoms with E-state index in [2.05, 4.69) is 94.1 Å². The van der Waals surface area contributed by atoms with Crippen molar-refractivity contribution < 1.29 is 9.59 Å². The Hall–Kier alpha value is -3.14. The van der Waals surface area contributed by atoms with Gasteiger partial charge in [0.25, 0.3) is 0 Å². The Kier molecular flexibility index (Phi) is 8.63. The molecule has 0 amide bonds. The normalized spacial score (nSPS) is 39.5. The predicted molar refractivity (Wildman–Crippen MR) is 207 cm³/mol. The summed E-state index contributed by atoms with van der Waals surface area (Å²) in [5.74, 6) is 6.67. The Morgan fingerprint density at radius 3 is 1.86 bits per heavy atom. The van der Waals surface area contributed by atoms with Gasteiger partial charge in [0.2, 0.25) is 0 Å². The number of hydrogen-bond acceptors (Lipinski definition) is 2. The summed E-state index contributed by atoms with van der Waals surface area (Å²) < 4.78 is 0. The van der Waals surface area contributed by atoms with Gasteiger partial charge < -0.3 is 9.97 Å². The molecule has 0 spiro atoms. The molecular weight excluding hydrogens is 613 g/mol. The van der Waals surface area contributed by atoms with E-state index in [0.717, 1.165) is 25.7 Å². The fourth-order valence-electron chi connectivity index (χ4n) is 13.7. The number of aryl methyl sites for hydroxylation is 2. The number of aromatic nitrogens is 2. The van der Waals surface area contributed by atoms with Crippen LogP contribution in [0.15, 0.2) is 48.8 Å². The van der Waals surface area contributed by atoms with E-state index >= 15 is 0 Å². The maximum atomic E-state index is 12.9. The number of nitrogens with one attached hydrogen (secondary N) is 2. The van der Waals surface area contributed by atoms with E-state index < -0.39 is 0 Å². The van der Waals surface area contributed by atoms with E-state index in [4.69, 9.17) is 0 Å². The number of H-pyrrole nitrogens is 2. The van der Waals surface area contributed by atoms with Gasteiger partial charge in [-0.2, -0.15) is 0 Å². The molecule has 2 aromatic carbocycles. The molecule has 6 aliphatic carbocycles. The van der Waals surface area contributed by atoms with Crippen molar-refractivity contribution in [3.8, 4) is 0 Å². The summed E-state index contributed by atoms with van der Waals surface area (Å²) in [5.41, 5.74) is 8.70. The Balaban J connectivity index is 0.000000151. The molecule has 0 saturated heterocycles. The first-order chi connectivity index (χ1) is 23.0. The molecule has 4 nitrogen and oxygen atoms in total. The van der Waals surface area contributed by atoms with Crippen LogP contribution in [-0.2, 0) is 22.4 Å². The molecule has 0 aliphatic heterocycles. The first kappa shape index (κ1) is 35.3. The summed E-state index contributed by atoms with van der Waals surface area (Å²) >= 11 is 0. The summed E-state index contributed by atoms with van der Waals surface area (Å²) in [4.78, 5) is 32.5. The molecule has 4 aromatic rings. The first-order valence-corrected chi connectivity index (χ1v) is 19.3. The van der Waals surface area contributed by atoms with Crippen LogP contribution in [0.25, 0.3) is 21.8 Å². The summed E-state index contributed by atoms with van der Waals surface area (Å²) in [5, 5.41) is 2.76. The first-order valence-electron chi connectivity index (χ1n) is 19.3. The highest BCUT2D eigenvalue weighted by atomic mass is 16.1. The van der Waals surface area contributed by atoms with Gasteiger partial charge >= 0.3 is 0 Å². The fourth-order valence-corrected chi connectivity index (χ4v) is 13.7. The molecule has 6 aliphatic rings. The molecular formula is C46H62N2O2. The van der Waals surface area contributed by atoms with Crippen LogP contribution >= 0.6 is 0 Å². The van der Waals surface area contributed by atoms with Crippen molar-refractivity contribution in [2.24, 2.45) is 58.2 Å². The summed E-state index contributed by atoms with van der Waals surface area (Å²) in [6.07, 6.45) is 13.4. The molecule has 0 bridgehead atoms. The van der Waals surface area contributed by atoms with Crippen molar-refractivity contribution in [2.45, 2.75) is 120 Å². The minimum Gasteiger partial charge on any atom is -0.361 e. The lowest BCUT2D eigenvalue weighted by Gasteiger charge is -2.51. The van der Waals surface area contributed by atoms with Gasteiger partial charge in [-0.1, -0.05) is 62.5 Å². The van der Waals surface area contributed by atoms with Crippen molar-refractivity contribution in [3.63, 3.8) is 0 Å². The standard InChI is InChI=1S/2C22H27NO.2CH4/c1-12-8-18-16-5-4-14-10-19-15(6-7-23-19)9-17(14)20(16)13(2)11-22(18,3)21(12)24;1-12-10-18-17-5-4-14-15-8-9-23-19(15)7-6-16(14)20(17)13(2)11-22(18,3)21(12)24;;/h6-7,9-10,12-13,16,18,20,23H,4-5,8,11H2,1-3H3;6-9,12-13,17-18,20,23H,4-5,10-11H2,1-3H3;2*1H4/t12?,13?,16?,18?,20?,22-;12?,13?,17?,18?,20?,22-;;/m00../s1. The maximum Gasteiger partial charge on any atom is 0.141 e. The van der Waals surface area contributed by atoms with E-state index in [1.54, 1.807) is 22.3 Å². The number of hydrogen-bond donors (Lipinski definition) is 2. The lowest BCUT2D eigenvalue weighted by Crippen LogP contribution is -2.46. The maximum absolute atomic E-state index is 12.9. The average Bonchev–Trinajstić information content (AvgIpc) is 3.83. The van der Waals surface area contributed by atoms with E-state index in [1.165, 1.54) is 47.5 Å². The van der Waals surface area contributed by atoms with Crippen LogP contribution in [0.3, 0.4) is 0 Å². The van der Waals surface area contributed by atoms with Crippen LogP contribution in [-0.4, -0.2) is 21.5 Å². The van der Waals surface area contributed by atoms with Crippen molar-refractivity contribution in [3.05, 3.63) is 71.0 Å². The lowest BCUT2D eigenvalue weighted by molar-refractivity contribution is -0.133. The predicted octanol–water partition coefficient (Wildman–Crippen LogP) is 11.4. The van der Waals surface area contributed by atoms with Crippen LogP contribution in [0, 0.1) is 58.2 Å².